The molecule has 0 radical (unpaired) electrons. The number of rotatable bonds is 9. The Morgan fingerprint density at radius 3 is 2.34 bits per heavy atom. The number of hydrogen-bond acceptors (Lipinski definition) is 4. The topological polar surface area (TPSA) is 95.0 Å². The average Bonchev–Trinajstić information content (AvgIpc) is 3.80. The number of carbonyl (C=O) groups is 2. The molecule has 2 aliphatic carbocycles. The third kappa shape index (κ3) is 4.85. The molecule has 2 saturated carbocycles. The molecule has 5 rings (SSSR count). The van der Waals surface area contributed by atoms with E-state index >= 15 is 0 Å². The van der Waals surface area contributed by atoms with Crippen molar-refractivity contribution in [2.45, 2.75) is 62.3 Å². The SMILES string of the molecule is CCC(CN(C)S(=O)(=O)C1CC1)N1C(=O)C2(CC2C(=O)O)C[C@H](c2cccc(Cl)c2)[C@H]1c1ccc(Cl)cc1. The minimum absolute atomic E-state index is 0.140. The highest BCUT2D eigenvalue weighted by Crippen LogP contribution is 2.65. The number of carbonyl (C=O) groups excluding carboxylic acids is 1. The van der Waals surface area contributed by atoms with E-state index in [1.54, 1.807) is 30.1 Å². The van der Waals surface area contributed by atoms with Gasteiger partial charge in [0, 0.05) is 35.6 Å². The molecule has 2 aromatic rings. The summed E-state index contributed by atoms with van der Waals surface area (Å²) in [6, 6.07) is 13.9. The number of likely N-dealkylation sites (tertiary alicyclic amines) is 1. The van der Waals surface area contributed by atoms with Crippen LogP contribution in [-0.2, 0) is 19.6 Å². The van der Waals surface area contributed by atoms with Crippen molar-refractivity contribution in [3.05, 3.63) is 69.7 Å². The van der Waals surface area contributed by atoms with E-state index in [4.69, 9.17) is 23.2 Å². The molecule has 1 aliphatic heterocycles. The summed E-state index contributed by atoms with van der Waals surface area (Å²) in [6.45, 7) is 2.08. The van der Waals surface area contributed by atoms with Gasteiger partial charge in [-0.25, -0.2) is 12.7 Å². The number of hydrogen-bond donors (Lipinski definition) is 1. The van der Waals surface area contributed by atoms with E-state index in [0.717, 1.165) is 11.1 Å². The average molecular weight is 580 g/mol. The lowest BCUT2D eigenvalue weighted by Gasteiger charge is -2.49. The van der Waals surface area contributed by atoms with E-state index in [2.05, 4.69) is 0 Å². The largest absolute Gasteiger partial charge is 0.481 e. The molecule has 1 spiro atoms. The zero-order chi connectivity index (χ0) is 27.4. The quantitative estimate of drug-likeness (QED) is 0.433. The smallest absolute Gasteiger partial charge is 0.307 e. The summed E-state index contributed by atoms with van der Waals surface area (Å²) in [5, 5.41) is 10.7. The molecule has 1 heterocycles. The number of benzene rings is 2. The number of likely N-dealkylation sites (N-methyl/N-ethyl adjacent to an activating group) is 1. The summed E-state index contributed by atoms with van der Waals surface area (Å²) in [7, 11) is -1.88. The Hall–Kier alpha value is -2.13. The molecular weight excluding hydrogens is 547 g/mol. The van der Waals surface area contributed by atoms with Gasteiger partial charge in [-0.1, -0.05) is 54.4 Å². The maximum Gasteiger partial charge on any atom is 0.307 e. The Balaban J connectivity index is 1.63. The van der Waals surface area contributed by atoms with Crippen molar-refractivity contribution in [1.82, 2.24) is 9.21 Å². The van der Waals surface area contributed by atoms with E-state index in [1.807, 2.05) is 37.3 Å². The Morgan fingerprint density at radius 2 is 1.79 bits per heavy atom. The molecule has 2 aromatic carbocycles. The van der Waals surface area contributed by atoms with Crippen molar-refractivity contribution in [3.8, 4) is 0 Å². The number of halogens is 2. The zero-order valence-corrected chi connectivity index (χ0v) is 23.7. The number of sulfonamides is 1. The van der Waals surface area contributed by atoms with Crippen LogP contribution in [-0.4, -0.2) is 59.5 Å². The van der Waals surface area contributed by atoms with Gasteiger partial charge in [-0.2, -0.15) is 0 Å². The van der Waals surface area contributed by atoms with Crippen molar-refractivity contribution in [3.63, 3.8) is 0 Å². The van der Waals surface area contributed by atoms with Gasteiger partial charge in [-0.15, -0.1) is 0 Å². The summed E-state index contributed by atoms with van der Waals surface area (Å²) < 4.78 is 27.4. The second-order valence-corrected chi connectivity index (χ2v) is 14.1. The minimum atomic E-state index is -3.46. The normalized spacial score (nSPS) is 28.1. The van der Waals surface area contributed by atoms with E-state index in [0.29, 0.717) is 35.7 Å². The number of carboxylic acids is 1. The lowest BCUT2D eigenvalue weighted by Crippen LogP contribution is -2.56. The maximum atomic E-state index is 14.3. The van der Waals surface area contributed by atoms with Crippen LogP contribution in [0.3, 0.4) is 0 Å². The molecule has 7 nitrogen and oxygen atoms in total. The molecular formula is C28H32Cl2N2O5S. The van der Waals surface area contributed by atoms with Crippen molar-refractivity contribution in [2.24, 2.45) is 11.3 Å². The van der Waals surface area contributed by atoms with Crippen molar-refractivity contribution >= 4 is 45.1 Å². The molecule has 1 saturated heterocycles. The van der Waals surface area contributed by atoms with Crippen LogP contribution in [0.1, 0.15) is 62.1 Å². The zero-order valence-electron chi connectivity index (χ0n) is 21.4. The van der Waals surface area contributed by atoms with Gasteiger partial charge in [0.05, 0.1) is 22.6 Å². The van der Waals surface area contributed by atoms with Crippen LogP contribution in [0.5, 0.6) is 0 Å². The minimum Gasteiger partial charge on any atom is -0.481 e. The number of amides is 1. The third-order valence-electron chi connectivity index (χ3n) is 8.50. The van der Waals surface area contributed by atoms with Crippen LogP contribution >= 0.6 is 23.2 Å². The molecule has 204 valence electrons. The van der Waals surface area contributed by atoms with Gasteiger partial charge >= 0.3 is 5.97 Å². The second-order valence-electron chi connectivity index (χ2n) is 10.9. The first-order valence-corrected chi connectivity index (χ1v) is 15.3. The molecule has 1 amide bonds. The summed E-state index contributed by atoms with van der Waals surface area (Å²) in [5.74, 6) is -2.20. The third-order valence-corrected chi connectivity index (χ3v) is 11.3. The van der Waals surface area contributed by atoms with Crippen molar-refractivity contribution in [1.29, 1.82) is 0 Å². The lowest BCUT2D eigenvalue weighted by molar-refractivity contribution is -0.154. The number of aliphatic carboxylic acids is 1. The Morgan fingerprint density at radius 1 is 1.11 bits per heavy atom. The van der Waals surface area contributed by atoms with Crippen LogP contribution in [0.4, 0.5) is 0 Å². The van der Waals surface area contributed by atoms with E-state index in [9.17, 15) is 23.1 Å². The lowest BCUT2D eigenvalue weighted by atomic mass is 9.72. The molecule has 3 aliphatic rings. The summed E-state index contributed by atoms with van der Waals surface area (Å²) in [4.78, 5) is 28.2. The highest BCUT2D eigenvalue weighted by Gasteiger charge is 2.69. The fraction of sp³-hybridized carbons (Fsp3) is 0.500. The highest BCUT2D eigenvalue weighted by atomic mass is 35.5. The first-order chi connectivity index (χ1) is 18.0. The Bertz CT molecular complexity index is 1350. The van der Waals surface area contributed by atoms with Crippen molar-refractivity contribution in [2.75, 3.05) is 13.6 Å². The molecule has 10 heteroatoms. The molecule has 3 fully saturated rings. The van der Waals surface area contributed by atoms with Crippen LogP contribution in [0.15, 0.2) is 48.5 Å². The van der Waals surface area contributed by atoms with Gasteiger partial charge < -0.3 is 10.0 Å². The first kappa shape index (κ1) is 27.4. The maximum absolute atomic E-state index is 14.3. The van der Waals surface area contributed by atoms with E-state index < -0.39 is 39.4 Å². The predicted octanol–water partition coefficient (Wildman–Crippen LogP) is 5.34. The van der Waals surface area contributed by atoms with E-state index in [1.165, 1.54) is 4.31 Å². The predicted molar refractivity (Wildman–Crippen MR) is 147 cm³/mol. The molecule has 38 heavy (non-hydrogen) atoms. The number of carboxylic acid groups (broad SMARTS) is 1. The summed E-state index contributed by atoms with van der Waals surface area (Å²) >= 11 is 12.6. The van der Waals surface area contributed by atoms with Gasteiger partial charge in [-0.05, 0) is 67.5 Å². The number of nitrogens with zero attached hydrogens (tertiary/aromatic N) is 2. The molecule has 5 atom stereocenters. The molecule has 0 bridgehead atoms. The Kier molecular flexibility index (Phi) is 7.31. The highest BCUT2D eigenvalue weighted by molar-refractivity contribution is 7.90. The van der Waals surface area contributed by atoms with Gasteiger partial charge in [0.2, 0.25) is 15.9 Å². The molecule has 0 aromatic heterocycles. The second kappa shape index (κ2) is 10.1. The monoisotopic (exact) mass is 578 g/mol. The van der Waals surface area contributed by atoms with Crippen LogP contribution in [0.25, 0.3) is 0 Å². The summed E-state index contributed by atoms with van der Waals surface area (Å²) in [5.41, 5.74) is 0.753. The van der Waals surface area contributed by atoms with Gasteiger partial charge in [0.25, 0.3) is 0 Å². The first-order valence-electron chi connectivity index (χ1n) is 13.0. The van der Waals surface area contributed by atoms with Gasteiger partial charge in [0.1, 0.15) is 0 Å². The Labute approximate surface area is 233 Å². The molecule has 3 unspecified atom stereocenters. The van der Waals surface area contributed by atoms with Crippen LogP contribution in [0, 0.1) is 11.3 Å². The summed E-state index contributed by atoms with van der Waals surface area (Å²) in [6.07, 6.45) is 2.46. The van der Waals surface area contributed by atoms with E-state index in [-0.39, 0.29) is 30.0 Å². The number of piperidine rings is 1. The van der Waals surface area contributed by atoms with Gasteiger partial charge in [0.15, 0.2) is 0 Å². The fourth-order valence-corrected chi connectivity index (χ4v) is 8.12. The van der Waals surface area contributed by atoms with Crippen molar-refractivity contribution < 1.29 is 23.1 Å². The standard InChI is InChI=1S/C28H32Cl2N2O5S/c1-3-21(16-31(2)38(36,37)22-11-12-22)32-25(17-7-9-19(29)10-8-17)23(18-5-4-6-20(30)13-18)14-28(27(32)35)15-24(28)26(33)34/h4-10,13,21-25H,3,11-12,14-16H2,1-2H3,(H,33,34)/t21?,23-,24?,25-,28?/m1/s1. The van der Waals surface area contributed by atoms with Crippen LogP contribution in [0.2, 0.25) is 10.0 Å². The molecule has 1 N–H and O–H groups in total. The fourth-order valence-electron chi connectivity index (χ4n) is 6.18. The van der Waals surface area contributed by atoms with Crippen LogP contribution < -0.4 is 0 Å². The van der Waals surface area contributed by atoms with Gasteiger partial charge in [-0.3, -0.25) is 9.59 Å².